The van der Waals surface area contributed by atoms with Crippen LogP contribution in [0.15, 0.2) is 17.5 Å². The van der Waals surface area contributed by atoms with E-state index in [1.165, 1.54) is 4.88 Å². The molecule has 25 heavy (non-hydrogen) atoms. The fourth-order valence-corrected chi connectivity index (χ4v) is 5.26. The number of rotatable bonds is 3. The molecule has 1 atom stereocenters. The van der Waals surface area contributed by atoms with E-state index in [9.17, 15) is 14.4 Å². The van der Waals surface area contributed by atoms with Crippen molar-refractivity contribution in [3.8, 4) is 0 Å². The first-order chi connectivity index (χ1) is 12.1. The summed E-state index contributed by atoms with van der Waals surface area (Å²) in [6, 6.07) is 3.71. The van der Waals surface area contributed by atoms with Crippen LogP contribution in [0.5, 0.6) is 0 Å². The normalized spacial score (nSPS) is 25.7. The molecule has 2 aliphatic heterocycles. The van der Waals surface area contributed by atoms with Gasteiger partial charge in [0.1, 0.15) is 12.1 Å². The predicted octanol–water partition coefficient (Wildman–Crippen LogP) is 2.67. The molecule has 1 spiro atoms. The third-order valence-corrected chi connectivity index (χ3v) is 6.66. The van der Waals surface area contributed by atoms with Gasteiger partial charge in [-0.25, -0.2) is 4.79 Å². The van der Waals surface area contributed by atoms with Gasteiger partial charge in [-0.2, -0.15) is 0 Å². The van der Waals surface area contributed by atoms with Gasteiger partial charge in [0, 0.05) is 11.4 Å². The summed E-state index contributed by atoms with van der Waals surface area (Å²) >= 11 is 1.65. The van der Waals surface area contributed by atoms with E-state index in [2.05, 4.69) is 5.32 Å². The molecule has 1 unspecified atom stereocenters. The molecule has 2 saturated heterocycles. The second-order valence-electron chi connectivity index (χ2n) is 7.22. The monoisotopic (exact) mass is 361 g/mol. The lowest BCUT2D eigenvalue weighted by Crippen LogP contribution is -2.49. The van der Waals surface area contributed by atoms with Gasteiger partial charge in [-0.1, -0.05) is 25.3 Å². The van der Waals surface area contributed by atoms with Crippen LogP contribution in [0.4, 0.5) is 4.79 Å². The van der Waals surface area contributed by atoms with Crippen molar-refractivity contribution in [3.63, 3.8) is 0 Å². The molecule has 1 aliphatic carbocycles. The molecule has 0 bridgehead atoms. The van der Waals surface area contributed by atoms with Crippen LogP contribution in [0.1, 0.15) is 55.9 Å². The Morgan fingerprint density at radius 2 is 2.04 bits per heavy atom. The second kappa shape index (κ2) is 6.44. The minimum Gasteiger partial charge on any atom is -0.333 e. The van der Waals surface area contributed by atoms with Crippen molar-refractivity contribution < 1.29 is 14.4 Å². The Morgan fingerprint density at radius 3 is 2.76 bits per heavy atom. The summed E-state index contributed by atoms with van der Waals surface area (Å²) in [5.41, 5.74) is -0.756. The molecule has 3 fully saturated rings. The molecular formula is C18H23N3O3S. The molecular weight excluding hydrogens is 338 g/mol. The zero-order valence-electron chi connectivity index (χ0n) is 14.2. The molecule has 4 rings (SSSR count). The molecule has 0 radical (unpaired) electrons. The number of hydrogen-bond acceptors (Lipinski definition) is 4. The molecule has 7 heteroatoms. The second-order valence-corrected chi connectivity index (χ2v) is 8.20. The Kier molecular flexibility index (Phi) is 4.27. The number of hydrogen-bond donors (Lipinski definition) is 1. The van der Waals surface area contributed by atoms with Gasteiger partial charge in [0.2, 0.25) is 5.91 Å². The number of nitrogens with zero attached hydrogens (tertiary/aromatic N) is 2. The van der Waals surface area contributed by atoms with Crippen LogP contribution < -0.4 is 5.32 Å². The first-order valence-corrected chi connectivity index (χ1v) is 9.96. The van der Waals surface area contributed by atoms with Crippen LogP contribution in [0, 0.1) is 0 Å². The lowest BCUT2D eigenvalue weighted by Gasteiger charge is -2.30. The van der Waals surface area contributed by atoms with E-state index in [-0.39, 0.29) is 24.4 Å². The number of urea groups is 1. The van der Waals surface area contributed by atoms with Gasteiger partial charge < -0.3 is 10.2 Å². The van der Waals surface area contributed by atoms with Crippen LogP contribution in [0.2, 0.25) is 0 Å². The number of thiophene rings is 1. The summed E-state index contributed by atoms with van der Waals surface area (Å²) < 4.78 is 0. The van der Waals surface area contributed by atoms with E-state index in [1.807, 2.05) is 22.4 Å². The molecule has 1 aromatic rings. The number of nitrogens with one attached hydrogen (secondary N) is 1. The van der Waals surface area contributed by atoms with Crippen molar-refractivity contribution >= 4 is 29.2 Å². The first kappa shape index (κ1) is 16.6. The van der Waals surface area contributed by atoms with Crippen molar-refractivity contribution in [1.82, 2.24) is 15.1 Å². The molecule has 0 aromatic carbocycles. The van der Waals surface area contributed by atoms with Gasteiger partial charge in [0.25, 0.3) is 5.91 Å². The number of carbonyl (C=O) groups excluding carboxylic acids is 3. The van der Waals surface area contributed by atoms with Crippen molar-refractivity contribution in [2.75, 3.05) is 13.1 Å². The molecule has 4 amide bonds. The van der Waals surface area contributed by atoms with Crippen LogP contribution in [-0.2, 0) is 9.59 Å². The number of imide groups is 1. The van der Waals surface area contributed by atoms with Crippen molar-refractivity contribution in [3.05, 3.63) is 22.4 Å². The maximum Gasteiger partial charge on any atom is 0.325 e. The summed E-state index contributed by atoms with van der Waals surface area (Å²) in [6.07, 6.45) is 6.25. The Hall–Kier alpha value is -1.89. The van der Waals surface area contributed by atoms with Crippen molar-refractivity contribution in [2.45, 2.75) is 56.5 Å². The SMILES string of the molecule is O=C1NC2(CCCCC2)C(=O)N1CC(=O)N1CCCC1c1cccs1. The highest BCUT2D eigenvalue weighted by atomic mass is 32.1. The Labute approximate surface area is 151 Å². The van der Waals surface area contributed by atoms with Gasteiger partial charge in [-0.15, -0.1) is 11.3 Å². The highest BCUT2D eigenvalue weighted by Crippen LogP contribution is 2.36. The molecule has 1 aromatic heterocycles. The molecule has 1 saturated carbocycles. The van der Waals surface area contributed by atoms with Gasteiger partial charge in [0.05, 0.1) is 6.04 Å². The van der Waals surface area contributed by atoms with Crippen LogP contribution in [-0.4, -0.2) is 46.3 Å². The quantitative estimate of drug-likeness (QED) is 0.842. The van der Waals surface area contributed by atoms with E-state index in [1.54, 1.807) is 11.3 Å². The third-order valence-electron chi connectivity index (χ3n) is 5.69. The van der Waals surface area contributed by atoms with Gasteiger partial charge >= 0.3 is 6.03 Å². The summed E-state index contributed by atoms with van der Waals surface area (Å²) in [6.45, 7) is 0.546. The lowest BCUT2D eigenvalue weighted by atomic mass is 9.82. The molecule has 1 N–H and O–H groups in total. The Morgan fingerprint density at radius 1 is 1.24 bits per heavy atom. The smallest absolute Gasteiger partial charge is 0.325 e. The predicted molar refractivity (Wildman–Crippen MR) is 94.1 cm³/mol. The lowest BCUT2D eigenvalue weighted by molar-refractivity contribution is -0.140. The molecule has 134 valence electrons. The summed E-state index contributed by atoms with van der Waals surface area (Å²) in [4.78, 5) is 42.1. The third kappa shape index (κ3) is 2.84. The maximum atomic E-state index is 12.8. The van der Waals surface area contributed by atoms with Gasteiger partial charge in [0.15, 0.2) is 0 Å². The number of amides is 4. The minimum absolute atomic E-state index is 0.0805. The molecule has 3 aliphatic rings. The van der Waals surface area contributed by atoms with E-state index in [0.29, 0.717) is 19.4 Å². The standard InChI is InChI=1S/C18H23N3O3S/c22-15(20-10-4-6-13(20)14-7-5-11-25-14)12-21-16(23)18(19-17(21)24)8-2-1-3-9-18/h5,7,11,13H,1-4,6,8-10,12H2,(H,19,24). The van der Waals surface area contributed by atoms with Gasteiger partial charge in [-0.3, -0.25) is 14.5 Å². The molecule has 3 heterocycles. The average Bonchev–Trinajstić information content (AvgIpc) is 3.33. The highest BCUT2D eigenvalue weighted by Gasteiger charge is 2.52. The average molecular weight is 361 g/mol. The largest absolute Gasteiger partial charge is 0.333 e. The summed E-state index contributed by atoms with van der Waals surface area (Å²) in [7, 11) is 0. The topological polar surface area (TPSA) is 69.7 Å². The summed E-state index contributed by atoms with van der Waals surface area (Å²) in [5, 5.41) is 4.89. The van der Waals surface area contributed by atoms with E-state index in [4.69, 9.17) is 0 Å². The summed E-state index contributed by atoms with van der Waals surface area (Å²) in [5.74, 6) is -0.343. The number of likely N-dealkylation sites (tertiary alicyclic amines) is 1. The zero-order chi connectivity index (χ0) is 17.4. The maximum absolute atomic E-state index is 12.8. The van der Waals surface area contributed by atoms with E-state index >= 15 is 0 Å². The Balaban J connectivity index is 1.47. The first-order valence-electron chi connectivity index (χ1n) is 9.08. The van der Waals surface area contributed by atoms with Crippen LogP contribution >= 0.6 is 11.3 Å². The fraction of sp³-hybridized carbons (Fsp3) is 0.611. The minimum atomic E-state index is -0.756. The van der Waals surface area contributed by atoms with Crippen LogP contribution in [0.25, 0.3) is 0 Å². The van der Waals surface area contributed by atoms with Crippen LogP contribution in [0.3, 0.4) is 0 Å². The van der Waals surface area contributed by atoms with E-state index in [0.717, 1.165) is 37.0 Å². The van der Waals surface area contributed by atoms with Gasteiger partial charge in [-0.05, 0) is 37.1 Å². The number of carbonyl (C=O) groups is 3. The fourth-order valence-electron chi connectivity index (χ4n) is 4.38. The highest BCUT2D eigenvalue weighted by molar-refractivity contribution is 7.10. The molecule has 6 nitrogen and oxygen atoms in total. The zero-order valence-corrected chi connectivity index (χ0v) is 15.0. The Bertz CT molecular complexity index is 682. The van der Waals surface area contributed by atoms with Crippen molar-refractivity contribution in [2.24, 2.45) is 0 Å². The van der Waals surface area contributed by atoms with Crippen molar-refractivity contribution in [1.29, 1.82) is 0 Å². The van der Waals surface area contributed by atoms with E-state index < -0.39 is 11.6 Å².